The summed E-state index contributed by atoms with van der Waals surface area (Å²) in [6.07, 6.45) is 0.513. The first-order valence-electron chi connectivity index (χ1n) is 4.27. The van der Waals surface area contributed by atoms with E-state index in [0.717, 1.165) is 25.2 Å². The molecule has 1 aromatic rings. The number of hydrogen-bond acceptors (Lipinski definition) is 4. The lowest BCUT2D eigenvalue weighted by Crippen LogP contribution is -2.38. The van der Waals surface area contributed by atoms with Crippen LogP contribution in [0.2, 0.25) is 4.47 Å². The highest BCUT2D eigenvalue weighted by Gasteiger charge is 2.26. The maximum Gasteiger partial charge on any atom is 0.183 e. The van der Waals surface area contributed by atoms with Gasteiger partial charge in [0.15, 0.2) is 4.47 Å². The number of thiazole rings is 1. The van der Waals surface area contributed by atoms with Crippen LogP contribution in [0.1, 0.15) is 18.0 Å². The summed E-state index contributed by atoms with van der Waals surface area (Å²) >= 11 is 7.15. The molecule has 2 heterocycles. The molecule has 0 saturated carbocycles. The molecular weight excluding hydrogens is 208 g/mol. The predicted octanol–water partition coefficient (Wildman–Crippen LogP) is 1.23. The van der Waals surface area contributed by atoms with Crippen LogP contribution in [0.15, 0.2) is 5.38 Å². The highest BCUT2D eigenvalue weighted by molar-refractivity contribution is 7.13. The smallest absolute Gasteiger partial charge is 0.183 e. The van der Waals surface area contributed by atoms with Gasteiger partial charge in [0.05, 0.1) is 11.8 Å². The van der Waals surface area contributed by atoms with E-state index in [1.165, 1.54) is 11.3 Å². The summed E-state index contributed by atoms with van der Waals surface area (Å²) in [6.45, 7) is 1.68. The zero-order chi connectivity index (χ0) is 9.26. The molecule has 2 unspecified atom stereocenters. The lowest BCUT2D eigenvalue weighted by atomic mass is 9.94. The van der Waals surface area contributed by atoms with Crippen LogP contribution in [-0.4, -0.2) is 29.3 Å². The second-order valence-corrected chi connectivity index (χ2v) is 4.63. The first-order chi connectivity index (χ1) is 6.27. The molecule has 0 bridgehead atoms. The molecule has 0 aliphatic carbocycles. The van der Waals surface area contributed by atoms with Crippen LogP contribution >= 0.6 is 22.9 Å². The Hall–Kier alpha value is -0.160. The third-order valence-electron chi connectivity index (χ3n) is 2.32. The van der Waals surface area contributed by atoms with E-state index >= 15 is 0 Å². The monoisotopic (exact) mass is 218 g/mol. The number of hydrogen-bond donors (Lipinski definition) is 2. The van der Waals surface area contributed by atoms with Crippen LogP contribution in [0.4, 0.5) is 0 Å². The molecule has 0 spiro atoms. The van der Waals surface area contributed by atoms with Crippen LogP contribution in [0, 0.1) is 0 Å². The number of rotatable bonds is 1. The van der Waals surface area contributed by atoms with Gasteiger partial charge in [-0.25, -0.2) is 4.98 Å². The molecule has 2 rings (SSSR count). The minimum atomic E-state index is -0.278. The van der Waals surface area contributed by atoms with Crippen molar-refractivity contribution in [3.05, 3.63) is 15.5 Å². The molecular formula is C8H11ClN2OS. The van der Waals surface area contributed by atoms with Crippen molar-refractivity contribution in [1.82, 2.24) is 10.3 Å². The number of nitrogens with zero attached hydrogens (tertiary/aromatic N) is 1. The summed E-state index contributed by atoms with van der Waals surface area (Å²) in [6, 6.07) is 0. The molecule has 5 heteroatoms. The number of nitrogens with one attached hydrogen (secondary N) is 1. The lowest BCUT2D eigenvalue weighted by Gasteiger charge is -2.26. The number of aromatic nitrogens is 1. The number of piperidine rings is 1. The molecule has 13 heavy (non-hydrogen) atoms. The lowest BCUT2D eigenvalue weighted by molar-refractivity contribution is 0.113. The molecule has 1 aromatic heterocycles. The van der Waals surface area contributed by atoms with E-state index in [-0.39, 0.29) is 12.0 Å². The van der Waals surface area contributed by atoms with Gasteiger partial charge in [0, 0.05) is 17.8 Å². The Labute approximate surface area is 85.8 Å². The molecule has 1 fully saturated rings. The fourth-order valence-electron chi connectivity index (χ4n) is 1.58. The molecule has 1 saturated heterocycles. The van der Waals surface area contributed by atoms with Gasteiger partial charge in [0.25, 0.3) is 0 Å². The molecule has 3 nitrogen and oxygen atoms in total. The van der Waals surface area contributed by atoms with Gasteiger partial charge >= 0.3 is 0 Å². The molecule has 2 N–H and O–H groups in total. The van der Waals surface area contributed by atoms with Crippen molar-refractivity contribution in [3.63, 3.8) is 0 Å². The van der Waals surface area contributed by atoms with Crippen molar-refractivity contribution in [2.45, 2.75) is 18.4 Å². The largest absolute Gasteiger partial charge is 0.392 e. The minimum Gasteiger partial charge on any atom is -0.392 e. The summed E-state index contributed by atoms with van der Waals surface area (Å²) in [4.78, 5) is 4.17. The maximum atomic E-state index is 9.71. The third-order valence-corrected chi connectivity index (χ3v) is 3.32. The fourth-order valence-corrected chi connectivity index (χ4v) is 2.41. The summed E-state index contributed by atoms with van der Waals surface area (Å²) in [5.74, 6) is 0.109. The van der Waals surface area contributed by atoms with Gasteiger partial charge in [-0.05, 0) is 13.0 Å². The second kappa shape index (κ2) is 3.92. The van der Waals surface area contributed by atoms with E-state index < -0.39 is 0 Å². The van der Waals surface area contributed by atoms with E-state index in [0.29, 0.717) is 4.47 Å². The van der Waals surface area contributed by atoms with Gasteiger partial charge in [-0.3, -0.25) is 0 Å². The van der Waals surface area contributed by atoms with Crippen molar-refractivity contribution in [3.8, 4) is 0 Å². The van der Waals surface area contributed by atoms with Gasteiger partial charge in [-0.1, -0.05) is 11.6 Å². The van der Waals surface area contributed by atoms with E-state index in [2.05, 4.69) is 10.3 Å². The van der Waals surface area contributed by atoms with Gasteiger partial charge in [-0.2, -0.15) is 0 Å². The Balaban J connectivity index is 2.14. The van der Waals surface area contributed by atoms with Gasteiger partial charge < -0.3 is 10.4 Å². The van der Waals surface area contributed by atoms with Crippen molar-refractivity contribution >= 4 is 22.9 Å². The summed E-state index contributed by atoms with van der Waals surface area (Å²) in [7, 11) is 0. The zero-order valence-corrected chi connectivity index (χ0v) is 8.61. The highest BCUT2D eigenvalue weighted by Crippen LogP contribution is 2.26. The number of halogens is 1. The average Bonchev–Trinajstić information content (AvgIpc) is 2.53. The molecule has 0 radical (unpaired) electrons. The van der Waals surface area contributed by atoms with Crippen molar-refractivity contribution < 1.29 is 5.11 Å². The van der Waals surface area contributed by atoms with Crippen molar-refractivity contribution in [1.29, 1.82) is 0 Å². The Morgan fingerprint density at radius 2 is 2.54 bits per heavy atom. The summed E-state index contributed by atoms with van der Waals surface area (Å²) in [5, 5.41) is 14.9. The molecule has 1 aliphatic rings. The van der Waals surface area contributed by atoms with Crippen LogP contribution in [-0.2, 0) is 0 Å². The van der Waals surface area contributed by atoms with E-state index in [1.807, 2.05) is 5.38 Å². The van der Waals surface area contributed by atoms with Crippen molar-refractivity contribution in [2.75, 3.05) is 13.1 Å². The quantitative estimate of drug-likeness (QED) is 0.746. The Bertz CT molecular complexity index is 291. The zero-order valence-electron chi connectivity index (χ0n) is 7.03. The van der Waals surface area contributed by atoms with Gasteiger partial charge in [-0.15, -0.1) is 11.3 Å². The molecule has 72 valence electrons. The van der Waals surface area contributed by atoms with Gasteiger partial charge in [0.2, 0.25) is 0 Å². The van der Waals surface area contributed by atoms with Crippen molar-refractivity contribution in [2.24, 2.45) is 0 Å². The Kier molecular flexibility index (Phi) is 2.83. The number of aliphatic hydroxyl groups excluding tert-OH is 1. The van der Waals surface area contributed by atoms with E-state index in [1.54, 1.807) is 0 Å². The molecule has 0 aromatic carbocycles. The van der Waals surface area contributed by atoms with E-state index in [9.17, 15) is 5.11 Å². The standard InChI is InChI=1S/C8H11ClN2OS/c9-8-11-6(4-13-8)5-3-10-2-1-7(5)12/h4-5,7,10,12H,1-3H2. The van der Waals surface area contributed by atoms with Crippen LogP contribution in [0.25, 0.3) is 0 Å². The maximum absolute atomic E-state index is 9.71. The minimum absolute atomic E-state index is 0.109. The highest BCUT2D eigenvalue weighted by atomic mass is 35.5. The molecule has 2 atom stereocenters. The van der Waals surface area contributed by atoms with Gasteiger partial charge in [0.1, 0.15) is 0 Å². The topological polar surface area (TPSA) is 45.1 Å². The third kappa shape index (κ3) is 2.02. The SMILES string of the molecule is OC1CCNCC1c1csc(Cl)n1. The van der Waals surface area contributed by atoms with Crippen LogP contribution < -0.4 is 5.32 Å². The normalized spacial score (nSPS) is 29.1. The fraction of sp³-hybridized carbons (Fsp3) is 0.625. The summed E-state index contributed by atoms with van der Waals surface area (Å²) < 4.78 is 0.549. The van der Waals surface area contributed by atoms with E-state index in [4.69, 9.17) is 11.6 Å². The second-order valence-electron chi connectivity index (χ2n) is 3.19. The molecule has 1 aliphatic heterocycles. The first-order valence-corrected chi connectivity index (χ1v) is 5.53. The average molecular weight is 219 g/mol. The summed E-state index contributed by atoms with van der Waals surface area (Å²) in [5.41, 5.74) is 0.912. The van der Waals surface area contributed by atoms with Crippen LogP contribution in [0.5, 0.6) is 0 Å². The Morgan fingerprint density at radius 1 is 1.69 bits per heavy atom. The number of aliphatic hydroxyl groups is 1. The molecule has 0 amide bonds. The Morgan fingerprint density at radius 3 is 3.15 bits per heavy atom. The first kappa shape index (κ1) is 9.40. The predicted molar refractivity (Wildman–Crippen MR) is 53.4 cm³/mol. The van der Waals surface area contributed by atoms with Crippen LogP contribution in [0.3, 0.4) is 0 Å².